The van der Waals surface area contributed by atoms with Crippen LogP contribution in [0, 0.1) is 0 Å². The topological polar surface area (TPSA) is 123 Å². The molecule has 1 aromatic heterocycles. The van der Waals surface area contributed by atoms with Crippen LogP contribution in [-0.2, 0) is 21.2 Å². The molecule has 39 heavy (non-hydrogen) atoms. The van der Waals surface area contributed by atoms with E-state index in [4.69, 9.17) is 4.74 Å². The standard InChI is InChI=1S/C27H33N5O5S2/c1-3-37-23-11-9-22(10-12-23)32-26(15-16-28-20(2)33)29-30-27(32)38-19-25(34)21-7-13-24(14-8-21)39(35,36)31-17-5-4-6-18-31/h7-14H,3-6,15-19H2,1-2H3,(H,28,33). The summed E-state index contributed by atoms with van der Waals surface area (Å²) in [4.78, 5) is 24.5. The first kappa shape index (κ1) is 28.8. The van der Waals surface area contributed by atoms with Crippen molar-refractivity contribution in [3.8, 4) is 11.4 Å². The number of nitrogens with one attached hydrogen (secondary N) is 1. The van der Waals surface area contributed by atoms with Crippen LogP contribution in [-0.4, -0.2) is 71.2 Å². The molecule has 1 aliphatic rings. The molecule has 1 amide bonds. The monoisotopic (exact) mass is 571 g/mol. The predicted octanol–water partition coefficient (Wildman–Crippen LogP) is 3.49. The second-order valence-electron chi connectivity index (χ2n) is 9.10. The largest absolute Gasteiger partial charge is 0.494 e. The number of ketones is 1. The number of carbonyl (C=O) groups is 2. The number of Topliss-reactive ketones (excluding diaryl/α,β-unsaturated/α-hetero) is 1. The number of rotatable bonds is 12. The Kier molecular flexibility index (Phi) is 9.76. The minimum Gasteiger partial charge on any atom is -0.494 e. The molecule has 10 nitrogen and oxygen atoms in total. The minimum absolute atomic E-state index is 0.0963. The van der Waals surface area contributed by atoms with Crippen LogP contribution < -0.4 is 10.1 Å². The van der Waals surface area contributed by atoms with Crippen LogP contribution in [0.2, 0.25) is 0 Å². The Morgan fingerprint density at radius 2 is 1.69 bits per heavy atom. The summed E-state index contributed by atoms with van der Waals surface area (Å²) in [6.45, 7) is 5.40. The Bertz CT molecular complexity index is 1380. The molecule has 0 bridgehead atoms. The van der Waals surface area contributed by atoms with Crippen molar-refractivity contribution >= 4 is 33.5 Å². The summed E-state index contributed by atoms with van der Waals surface area (Å²) in [5, 5.41) is 11.9. The third-order valence-electron chi connectivity index (χ3n) is 6.29. The van der Waals surface area contributed by atoms with E-state index in [1.165, 1.54) is 35.1 Å². The Labute approximate surface area is 233 Å². The van der Waals surface area contributed by atoms with Crippen LogP contribution in [0.1, 0.15) is 49.3 Å². The number of hydrogen-bond acceptors (Lipinski definition) is 8. The van der Waals surface area contributed by atoms with Crippen molar-refractivity contribution < 1.29 is 22.7 Å². The zero-order valence-corrected chi connectivity index (χ0v) is 23.8. The average molecular weight is 572 g/mol. The summed E-state index contributed by atoms with van der Waals surface area (Å²) in [5.41, 5.74) is 1.24. The van der Waals surface area contributed by atoms with Gasteiger partial charge in [0.15, 0.2) is 10.9 Å². The molecule has 0 unspecified atom stereocenters. The van der Waals surface area contributed by atoms with Crippen molar-refractivity contribution in [3.05, 3.63) is 59.9 Å². The van der Waals surface area contributed by atoms with E-state index in [1.54, 1.807) is 12.1 Å². The first-order valence-corrected chi connectivity index (χ1v) is 15.4. The molecule has 2 aromatic carbocycles. The van der Waals surface area contributed by atoms with Crippen molar-refractivity contribution in [2.75, 3.05) is 32.0 Å². The predicted molar refractivity (Wildman–Crippen MR) is 149 cm³/mol. The number of carbonyl (C=O) groups excluding carboxylic acids is 2. The minimum atomic E-state index is -3.55. The summed E-state index contributed by atoms with van der Waals surface area (Å²) < 4.78 is 34.7. The van der Waals surface area contributed by atoms with Gasteiger partial charge in [-0.05, 0) is 56.2 Å². The van der Waals surface area contributed by atoms with E-state index in [1.807, 2.05) is 35.8 Å². The highest BCUT2D eigenvalue weighted by atomic mass is 32.2. The van der Waals surface area contributed by atoms with Crippen LogP contribution in [0.3, 0.4) is 0 Å². The highest BCUT2D eigenvalue weighted by Gasteiger charge is 2.26. The Balaban J connectivity index is 1.48. The van der Waals surface area contributed by atoms with E-state index >= 15 is 0 Å². The molecule has 0 saturated carbocycles. The van der Waals surface area contributed by atoms with Crippen LogP contribution in [0.5, 0.6) is 5.75 Å². The number of piperidine rings is 1. The number of thioether (sulfide) groups is 1. The van der Waals surface area contributed by atoms with Crippen molar-refractivity contribution in [1.82, 2.24) is 24.4 Å². The van der Waals surface area contributed by atoms with Crippen LogP contribution >= 0.6 is 11.8 Å². The summed E-state index contributed by atoms with van der Waals surface area (Å²) in [6.07, 6.45) is 3.23. The van der Waals surface area contributed by atoms with Gasteiger partial charge in [-0.1, -0.05) is 30.3 Å². The fourth-order valence-corrected chi connectivity index (χ4v) is 6.69. The van der Waals surface area contributed by atoms with Gasteiger partial charge in [0.1, 0.15) is 11.6 Å². The molecule has 4 rings (SSSR count). The fourth-order valence-electron chi connectivity index (χ4n) is 4.30. The number of ether oxygens (including phenoxy) is 1. The highest BCUT2D eigenvalue weighted by molar-refractivity contribution is 7.99. The Hall–Kier alpha value is -3.22. The van der Waals surface area contributed by atoms with Crippen LogP contribution in [0.25, 0.3) is 5.69 Å². The summed E-state index contributed by atoms with van der Waals surface area (Å²) in [5.74, 6) is 1.21. The number of benzene rings is 2. The van der Waals surface area contributed by atoms with E-state index in [0.717, 1.165) is 30.7 Å². The zero-order valence-electron chi connectivity index (χ0n) is 22.1. The third kappa shape index (κ3) is 7.25. The van der Waals surface area contributed by atoms with Crippen LogP contribution in [0.4, 0.5) is 0 Å². The van der Waals surface area contributed by atoms with Gasteiger partial charge < -0.3 is 10.1 Å². The molecule has 2 heterocycles. The molecule has 1 fully saturated rings. The normalized spacial score (nSPS) is 14.2. The highest BCUT2D eigenvalue weighted by Crippen LogP contribution is 2.26. The van der Waals surface area contributed by atoms with Gasteiger partial charge in [-0.15, -0.1) is 10.2 Å². The molecule has 208 valence electrons. The molecule has 0 radical (unpaired) electrons. The quantitative estimate of drug-likeness (QED) is 0.259. The van der Waals surface area contributed by atoms with E-state index in [9.17, 15) is 18.0 Å². The van der Waals surface area contributed by atoms with Gasteiger partial charge in [0.25, 0.3) is 0 Å². The molecule has 0 aliphatic carbocycles. The summed E-state index contributed by atoms with van der Waals surface area (Å²) in [6, 6.07) is 13.6. The lowest BCUT2D eigenvalue weighted by atomic mass is 10.1. The lowest BCUT2D eigenvalue weighted by molar-refractivity contribution is -0.118. The maximum atomic E-state index is 13.0. The molecule has 3 aromatic rings. The molecule has 12 heteroatoms. The van der Waals surface area contributed by atoms with Crippen molar-refractivity contribution in [1.29, 1.82) is 0 Å². The molecule has 0 atom stereocenters. The van der Waals surface area contributed by atoms with Gasteiger partial charge in [-0.2, -0.15) is 4.31 Å². The SMILES string of the molecule is CCOc1ccc(-n2c(CCNC(C)=O)nnc2SCC(=O)c2ccc(S(=O)(=O)N3CCCCC3)cc2)cc1. The van der Waals surface area contributed by atoms with Gasteiger partial charge in [0, 0.05) is 44.2 Å². The number of amides is 1. The third-order valence-corrected chi connectivity index (χ3v) is 9.13. The van der Waals surface area contributed by atoms with Gasteiger partial charge in [0.05, 0.1) is 17.3 Å². The molecule has 1 N–H and O–H groups in total. The van der Waals surface area contributed by atoms with Gasteiger partial charge in [-0.25, -0.2) is 8.42 Å². The Morgan fingerprint density at radius 3 is 2.33 bits per heavy atom. The maximum Gasteiger partial charge on any atom is 0.243 e. The van der Waals surface area contributed by atoms with Crippen LogP contribution in [0.15, 0.2) is 58.6 Å². The lowest BCUT2D eigenvalue weighted by Crippen LogP contribution is -2.35. The second kappa shape index (κ2) is 13.2. The average Bonchev–Trinajstić information content (AvgIpc) is 3.35. The molecular formula is C27H33N5O5S2. The van der Waals surface area contributed by atoms with Gasteiger partial charge in [0.2, 0.25) is 15.9 Å². The number of nitrogens with zero attached hydrogens (tertiary/aromatic N) is 4. The smallest absolute Gasteiger partial charge is 0.243 e. The fraction of sp³-hybridized carbons (Fsp3) is 0.407. The van der Waals surface area contributed by atoms with E-state index in [-0.39, 0.29) is 22.3 Å². The van der Waals surface area contributed by atoms with E-state index in [0.29, 0.717) is 49.2 Å². The molecule has 1 saturated heterocycles. The molecular weight excluding hydrogens is 538 g/mol. The second-order valence-corrected chi connectivity index (χ2v) is 12.0. The van der Waals surface area contributed by atoms with Crippen molar-refractivity contribution in [3.63, 3.8) is 0 Å². The number of hydrogen-bond donors (Lipinski definition) is 1. The lowest BCUT2D eigenvalue weighted by Gasteiger charge is -2.25. The maximum absolute atomic E-state index is 13.0. The van der Waals surface area contributed by atoms with Crippen molar-refractivity contribution in [2.24, 2.45) is 0 Å². The first-order chi connectivity index (χ1) is 18.8. The Morgan fingerprint density at radius 1 is 1.00 bits per heavy atom. The van der Waals surface area contributed by atoms with Gasteiger partial charge >= 0.3 is 0 Å². The summed E-state index contributed by atoms with van der Waals surface area (Å²) in [7, 11) is -3.55. The van der Waals surface area contributed by atoms with E-state index < -0.39 is 10.0 Å². The molecule has 1 aliphatic heterocycles. The zero-order chi connectivity index (χ0) is 27.8. The van der Waals surface area contributed by atoms with E-state index in [2.05, 4.69) is 15.5 Å². The molecule has 0 spiro atoms. The first-order valence-electron chi connectivity index (χ1n) is 13.0. The van der Waals surface area contributed by atoms with Crippen molar-refractivity contribution in [2.45, 2.75) is 49.6 Å². The number of aromatic nitrogens is 3. The number of sulfonamides is 1. The van der Waals surface area contributed by atoms with Gasteiger partial charge in [-0.3, -0.25) is 14.2 Å². The summed E-state index contributed by atoms with van der Waals surface area (Å²) >= 11 is 1.25.